The molecule has 1 heterocycles. The minimum atomic E-state index is -0.292. The first-order valence-electron chi connectivity index (χ1n) is 8.32. The van der Waals surface area contributed by atoms with E-state index in [2.05, 4.69) is 15.6 Å². The van der Waals surface area contributed by atoms with Crippen molar-refractivity contribution in [2.75, 3.05) is 10.6 Å². The van der Waals surface area contributed by atoms with E-state index in [1.54, 1.807) is 29.6 Å². The predicted octanol–water partition coefficient (Wildman–Crippen LogP) is 4.24. The number of aryl methyl sites for hydroxylation is 1. The quantitative estimate of drug-likeness (QED) is 0.669. The molecule has 0 radical (unpaired) electrons. The highest BCUT2D eigenvalue weighted by Gasteiger charge is 2.11. The number of amides is 2. The minimum absolute atomic E-state index is 0.144. The molecule has 0 bridgehead atoms. The highest BCUT2D eigenvalue weighted by molar-refractivity contribution is 7.09. The van der Waals surface area contributed by atoms with Gasteiger partial charge in [0.2, 0.25) is 5.91 Å². The van der Waals surface area contributed by atoms with Gasteiger partial charge in [0.25, 0.3) is 5.91 Å². The molecule has 3 aromatic rings. The Balaban J connectivity index is 1.56. The summed E-state index contributed by atoms with van der Waals surface area (Å²) in [5, 5.41) is 7.89. The van der Waals surface area contributed by atoms with Crippen LogP contribution in [0.4, 0.5) is 11.4 Å². The van der Waals surface area contributed by atoms with E-state index in [1.165, 1.54) is 23.8 Å². The number of hydrogen-bond acceptors (Lipinski definition) is 5. The van der Waals surface area contributed by atoms with E-state index in [4.69, 9.17) is 4.74 Å². The molecule has 0 fully saturated rings. The topological polar surface area (TPSA) is 80.3 Å². The average Bonchev–Trinajstić information content (AvgIpc) is 3.12. The number of nitrogens with one attached hydrogen (secondary N) is 2. The molecule has 2 amide bonds. The third-order valence-electron chi connectivity index (χ3n) is 3.63. The maximum Gasteiger partial charge on any atom is 0.275 e. The van der Waals surface area contributed by atoms with Gasteiger partial charge in [-0.3, -0.25) is 9.59 Å². The summed E-state index contributed by atoms with van der Waals surface area (Å²) in [6.07, 6.45) is 0. The average molecular weight is 381 g/mol. The smallest absolute Gasteiger partial charge is 0.275 e. The molecule has 0 aliphatic rings. The molecule has 7 heteroatoms. The predicted molar refractivity (Wildman–Crippen MR) is 106 cm³/mol. The maximum absolute atomic E-state index is 12.3. The third-order valence-corrected chi connectivity index (χ3v) is 4.45. The highest BCUT2D eigenvalue weighted by Crippen LogP contribution is 2.18. The fourth-order valence-corrected chi connectivity index (χ4v) is 2.98. The van der Waals surface area contributed by atoms with Gasteiger partial charge in [0.15, 0.2) is 0 Å². The molecule has 6 nitrogen and oxygen atoms in total. The fourth-order valence-electron chi connectivity index (χ4n) is 2.30. The Morgan fingerprint density at radius 3 is 2.26 bits per heavy atom. The summed E-state index contributed by atoms with van der Waals surface area (Å²) >= 11 is 1.38. The van der Waals surface area contributed by atoms with Gasteiger partial charge in [-0.05, 0) is 43.3 Å². The lowest BCUT2D eigenvalue weighted by Crippen LogP contribution is -2.12. The molecule has 0 aliphatic carbocycles. The molecule has 0 atom stereocenters. The monoisotopic (exact) mass is 381 g/mol. The first kappa shape index (κ1) is 18.6. The summed E-state index contributed by atoms with van der Waals surface area (Å²) in [5.74, 6) is 0.329. The van der Waals surface area contributed by atoms with Crippen LogP contribution >= 0.6 is 11.3 Å². The van der Waals surface area contributed by atoms with Crippen LogP contribution in [0.1, 0.15) is 28.0 Å². The molecule has 0 saturated carbocycles. The number of hydrogen-bond donors (Lipinski definition) is 2. The Bertz CT molecular complexity index is 934. The van der Waals surface area contributed by atoms with Crippen molar-refractivity contribution in [2.24, 2.45) is 0 Å². The zero-order valence-electron chi connectivity index (χ0n) is 15.0. The number of aromatic nitrogens is 1. The van der Waals surface area contributed by atoms with Crippen LogP contribution in [-0.2, 0) is 11.4 Å². The van der Waals surface area contributed by atoms with Crippen LogP contribution in [0, 0.1) is 6.92 Å². The van der Waals surface area contributed by atoms with Crippen LogP contribution in [0.2, 0.25) is 0 Å². The Hall–Kier alpha value is -3.19. The van der Waals surface area contributed by atoms with Gasteiger partial charge in [0, 0.05) is 23.7 Å². The number of carbonyl (C=O) groups is 2. The lowest BCUT2D eigenvalue weighted by atomic mass is 10.2. The van der Waals surface area contributed by atoms with Crippen LogP contribution in [0.3, 0.4) is 0 Å². The molecular weight excluding hydrogens is 362 g/mol. The van der Waals surface area contributed by atoms with Crippen molar-refractivity contribution >= 4 is 34.5 Å². The van der Waals surface area contributed by atoms with Crippen molar-refractivity contribution in [3.05, 3.63) is 70.2 Å². The van der Waals surface area contributed by atoms with Crippen molar-refractivity contribution in [2.45, 2.75) is 20.5 Å². The molecule has 138 valence electrons. The van der Waals surface area contributed by atoms with Crippen LogP contribution in [0.15, 0.2) is 53.9 Å². The van der Waals surface area contributed by atoms with Crippen LogP contribution in [0.5, 0.6) is 5.75 Å². The molecule has 1 aromatic heterocycles. The zero-order chi connectivity index (χ0) is 19.2. The molecule has 2 aromatic carbocycles. The number of thiazole rings is 1. The molecule has 0 unspecified atom stereocenters. The number of nitrogens with zero attached hydrogens (tertiary/aromatic N) is 1. The minimum Gasteiger partial charge on any atom is -0.486 e. The van der Waals surface area contributed by atoms with E-state index >= 15 is 0 Å². The molecule has 0 spiro atoms. The van der Waals surface area contributed by atoms with Gasteiger partial charge in [0.05, 0.1) is 0 Å². The molecule has 0 saturated heterocycles. The van der Waals surface area contributed by atoms with Crippen LogP contribution in [-0.4, -0.2) is 16.8 Å². The summed E-state index contributed by atoms with van der Waals surface area (Å²) in [6.45, 7) is 3.77. The molecule has 27 heavy (non-hydrogen) atoms. The summed E-state index contributed by atoms with van der Waals surface area (Å²) in [6, 6.07) is 14.6. The highest BCUT2D eigenvalue weighted by atomic mass is 32.1. The number of benzene rings is 2. The van der Waals surface area contributed by atoms with Crippen molar-refractivity contribution < 1.29 is 14.3 Å². The molecule has 2 N–H and O–H groups in total. The first-order valence-corrected chi connectivity index (χ1v) is 9.20. The second kappa shape index (κ2) is 8.46. The van der Waals surface area contributed by atoms with Gasteiger partial charge in [-0.1, -0.05) is 17.7 Å². The Morgan fingerprint density at radius 1 is 1.00 bits per heavy atom. The Morgan fingerprint density at radius 2 is 1.63 bits per heavy atom. The third kappa shape index (κ3) is 5.39. The Labute approximate surface area is 161 Å². The molecule has 3 rings (SSSR count). The first-order chi connectivity index (χ1) is 13.0. The fraction of sp³-hybridized carbons (Fsp3) is 0.150. The number of anilines is 2. The largest absolute Gasteiger partial charge is 0.486 e. The maximum atomic E-state index is 12.3. The summed E-state index contributed by atoms with van der Waals surface area (Å²) in [4.78, 5) is 27.7. The van der Waals surface area contributed by atoms with E-state index in [0.717, 1.165) is 10.8 Å². The van der Waals surface area contributed by atoms with Crippen LogP contribution in [0.25, 0.3) is 0 Å². The summed E-state index contributed by atoms with van der Waals surface area (Å²) in [7, 11) is 0. The molecule has 0 aliphatic heterocycles. The summed E-state index contributed by atoms with van der Waals surface area (Å²) in [5.41, 5.74) is 2.80. The van der Waals surface area contributed by atoms with E-state index in [0.29, 0.717) is 23.7 Å². The van der Waals surface area contributed by atoms with E-state index in [9.17, 15) is 9.59 Å². The van der Waals surface area contributed by atoms with Gasteiger partial charge < -0.3 is 15.4 Å². The SMILES string of the molecule is CC(=O)Nc1ccc(NC(=O)c2csc(COc3ccc(C)cc3)n2)cc1. The number of rotatable bonds is 6. The van der Waals surface area contributed by atoms with E-state index < -0.39 is 0 Å². The van der Waals surface area contributed by atoms with Gasteiger partial charge >= 0.3 is 0 Å². The van der Waals surface area contributed by atoms with Crippen molar-refractivity contribution in [3.63, 3.8) is 0 Å². The summed E-state index contributed by atoms with van der Waals surface area (Å²) < 4.78 is 5.68. The van der Waals surface area contributed by atoms with Crippen molar-refractivity contribution in [1.82, 2.24) is 4.98 Å². The second-order valence-corrected chi connectivity index (χ2v) is 6.88. The standard InChI is InChI=1S/C20H19N3O3S/c1-13-3-9-17(10-4-13)26-11-19-23-18(12-27-19)20(25)22-16-7-5-15(6-8-16)21-14(2)24/h3-10,12H,11H2,1-2H3,(H,21,24)(H,22,25). The van der Waals surface area contributed by atoms with Gasteiger partial charge in [-0.2, -0.15) is 0 Å². The zero-order valence-corrected chi connectivity index (χ0v) is 15.8. The van der Waals surface area contributed by atoms with Gasteiger partial charge in [0.1, 0.15) is 23.1 Å². The second-order valence-electron chi connectivity index (χ2n) is 5.94. The number of carbonyl (C=O) groups excluding carboxylic acids is 2. The Kier molecular flexibility index (Phi) is 5.83. The van der Waals surface area contributed by atoms with Gasteiger partial charge in [-0.25, -0.2) is 4.98 Å². The van der Waals surface area contributed by atoms with E-state index in [-0.39, 0.29) is 11.8 Å². The van der Waals surface area contributed by atoms with Crippen molar-refractivity contribution in [3.8, 4) is 5.75 Å². The van der Waals surface area contributed by atoms with Crippen molar-refractivity contribution in [1.29, 1.82) is 0 Å². The normalized spacial score (nSPS) is 10.3. The van der Waals surface area contributed by atoms with Crippen LogP contribution < -0.4 is 15.4 Å². The number of ether oxygens (including phenoxy) is 1. The van der Waals surface area contributed by atoms with Gasteiger partial charge in [-0.15, -0.1) is 11.3 Å². The lowest BCUT2D eigenvalue weighted by molar-refractivity contribution is -0.114. The van der Waals surface area contributed by atoms with E-state index in [1.807, 2.05) is 31.2 Å². The molecular formula is C20H19N3O3S. The lowest BCUT2D eigenvalue weighted by Gasteiger charge is -2.06.